The summed E-state index contributed by atoms with van der Waals surface area (Å²) in [5.74, 6) is -2.59. The minimum absolute atomic E-state index is 0.103. The minimum Gasteiger partial charge on any atom is -0.394 e. The van der Waals surface area contributed by atoms with Gasteiger partial charge in [-0.2, -0.15) is 0 Å². The van der Waals surface area contributed by atoms with Gasteiger partial charge in [0.2, 0.25) is 11.8 Å². The smallest absolute Gasteiger partial charge is 0.253 e. The zero-order valence-corrected chi connectivity index (χ0v) is 29.9. The van der Waals surface area contributed by atoms with Crippen molar-refractivity contribution in [3.63, 3.8) is 0 Å². The molecule has 1 spiro atoms. The molecule has 9 heteroatoms. The van der Waals surface area contributed by atoms with Gasteiger partial charge in [-0.25, -0.2) is 0 Å². The van der Waals surface area contributed by atoms with E-state index in [4.69, 9.17) is 4.74 Å². The van der Waals surface area contributed by atoms with Gasteiger partial charge in [0.15, 0.2) is 0 Å². The van der Waals surface area contributed by atoms with Crippen LogP contribution in [0.3, 0.4) is 0 Å². The number of anilines is 3. The molecule has 9 nitrogen and oxygen atoms in total. The normalized spacial score (nSPS) is 26.6. The van der Waals surface area contributed by atoms with Gasteiger partial charge in [-0.1, -0.05) is 57.5 Å². The molecule has 3 aliphatic heterocycles. The molecule has 264 valence electrons. The summed E-state index contributed by atoms with van der Waals surface area (Å²) in [6, 6.07) is 15.6. The number of para-hydroxylation sites is 1. The number of ether oxygens (including phenoxy) is 1. The molecule has 7 atom stereocenters. The molecule has 3 saturated heterocycles. The van der Waals surface area contributed by atoms with Crippen LogP contribution in [-0.2, 0) is 19.1 Å². The monoisotopic (exact) mass is 670 g/mol. The second-order valence-corrected chi connectivity index (χ2v) is 13.7. The fourth-order valence-corrected chi connectivity index (χ4v) is 8.74. The molecule has 5 rings (SSSR count). The summed E-state index contributed by atoms with van der Waals surface area (Å²) in [4.78, 5) is 52.3. The summed E-state index contributed by atoms with van der Waals surface area (Å²) >= 11 is 0. The maximum atomic E-state index is 15.2. The van der Waals surface area contributed by atoms with E-state index in [0.717, 1.165) is 18.8 Å². The lowest BCUT2D eigenvalue weighted by Gasteiger charge is -2.41. The number of carbonyl (C=O) groups is 3. The summed E-state index contributed by atoms with van der Waals surface area (Å²) in [7, 11) is 0. The third-order valence-electron chi connectivity index (χ3n) is 11.5. The topological polar surface area (TPSA) is 93.6 Å². The fourth-order valence-electron chi connectivity index (χ4n) is 8.74. The van der Waals surface area contributed by atoms with Crippen molar-refractivity contribution < 1.29 is 24.2 Å². The molecule has 2 unspecified atom stereocenters. The van der Waals surface area contributed by atoms with E-state index in [1.165, 1.54) is 0 Å². The Balaban J connectivity index is 1.64. The van der Waals surface area contributed by atoms with Crippen LogP contribution in [0.15, 0.2) is 79.9 Å². The van der Waals surface area contributed by atoms with Crippen molar-refractivity contribution in [2.45, 2.75) is 83.6 Å². The number of benzene rings is 2. The van der Waals surface area contributed by atoms with Crippen LogP contribution in [0.4, 0.5) is 17.1 Å². The number of rotatable bonds is 16. The Hall–Kier alpha value is -3.95. The van der Waals surface area contributed by atoms with Crippen LogP contribution in [0.2, 0.25) is 0 Å². The Morgan fingerprint density at radius 3 is 2.02 bits per heavy atom. The van der Waals surface area contributed by atoms with E-state index in [1.807, 2.05) is 75.4 Å². The summed E-state index contributed by atoms with van der Waals surface area (Å²) in [5.41, 5.74) is 0.311. The summed E-state index contributed by atoms with van der Waals surface area (Å²) in [6.45, 7) is 20.0. The Labute approximate surface area is 292 Å². The van der Waals surface area contributed by atoms with E-state index in [1.54, 1.807) is 26.9 Å². The summed E-state index contributed by atoms with van der Waals surface area (Å²) in [6.07, 6.45) is 5.59. The number of aliphatic hydroxyl groups is 1. The maximum absolute atomic E-state index is 15.2. The lowest BCUT2D eigenvalue weighted by atomic mass is 9.64. The number of likely N-dealkylation sites (tertiary alicyclic amines) is 1. The predicted octanol–water partition coefficient (Wildman–Crippen LogP) is 5.83. The molecule has 3 heterocycles. The van der Waals surface area contributed by atoms with Gasteiger partial charge in [0.25, 0.3) is 5.91 Å². The second kappa shape index (κ2) is 14.9. The first-order chi connectivity index (χ1) is 23.6. The minimum atomic E-state index is -1.23. The molecule has 0 aromatic heterocycles. The highest BCUT2D eigenvalue weighted by atomic mass is 16.5. The first-order valence-corrected chi connectivity index (χ1v) is 18.0. The molecule has 1 N–H and O–H groups in total. The zero-order chi connectivity index (χ0) is 35.5. The third-order valence-corrected chi connectivity index (χ3v) is 11.5. The Kier molecular flexibility index (Phi) is 11.0. The van der Waals surface area contributed by atoms with Crippen LogP contribution >= 0.6 is 0 Å². The molecule has 49 heavy (non-hydrogen) atoms. The van der Waals surface area contributed by atoms with Gasteiger partial charge in [-0.05, 0) is 75.4 Å². The van der Waals surface area contributed by atoms with Crippen molar-refractivity contribution >= 4 is 34.8 Å². The van der Waals surface area contributed by atoms with Gasteiger partial charge in [-0.15, -0.1) is 13.2 Å². The van der Waals surface area contributed by atoms with Crippen LogP contribution in [0.1, 0.15) is 60.3 Å². The van der Waals surface area contributed by atoms with Crippen molar-refractivity contribution in [2.24, 2.45) is 17.8 Å². The molecule has 3 amide bonds. The van der Waals surface area contributed by atoms with Gasteiger partial charge >= 0.3 is 0 Å². The van der Waals surface area contributed by atoms with Crippen LogP contribution in [0.5, 0.6) is 0 Å². The van der Waals surface area contributed by atoms with E-state index in [-0.39, 0.29) is 43.3 Å². The first kappa shape index (κ1) is 36.3. The fraction of sp³-hybridized carbons (Fsp3) is 0.525. The van der Waals surface area contributed by atoms with Crippen molar-refractivity contribution in [1.82, 2.24) is 4.90 Å². The number of hydrogen-bond acceptors (Lipinski definition) is 6. The van der Waals surface area contributed by atoms with Crippen LogP contribution in [-0.4, -0.2) is 83.8 Å². The quantitative estimate of drug-likeness (QED) is 0.226. The molecule has 0 saturated carbocycles. The lowest BCUT2D eigenvalue weighted by molar-refractivity contribution is -0.150. The summed E-state index contributed by atoms with van der Waals surface area (Å²) in [5, 5.41) is 10.8. The van der Waals surface area contributed by atoms with Gasteiger partial charge in [-0.3, -0.25) is 14.4 Å². The van der Waals surface area contributed by atoms with Crippen LogP contribution in [0, 0.1) is 17.8 Å². The van der Waals surface area contributed by atoms with Gasteiger partial charge in [0.1, 0.15) is 11.6 Å². The number of hydrogen-bond donors (Lipinski definition) is 1. The third kappa shape index (κ3) is 5.99. The average Bonchev–Trinajstić information content (AvgIpc) is 3.74. The molecular formula is C40H54N4O5. The van der Waals surface area contributed by atoms with E-state index < -0.39 is 35.1 Å². The zero-order valence-electron chi connectivity index (χ0n) is 29.9. The SMILES string of the molecule is C=CCN(C(=O)C1N([C@@H](CO)[C@@H](C)CC)C(=O)[C@@H]2[C@@H](C(=O)N(CC=C)c3ccccc3)[C@@]3(CC)CCC12O3)c1ccc(N(CC)CC)cc1. The van der Waals surface area contributed by atoms with Crippen molar-refractivity contribution in [3.05, 3.63) is 79.9 Å². The number of fused-ring (bicyclic) bond motifs is 1. The highest BCUT2D eigenvalue weighted by molar-refractivity contribution is 6.07. The molecule has 0 radical (unpaired) electrons. The van der Waals surface area contributed by atoms with Gasteiger partial charge in [0, 0.05) is 43.2 Å². The molecule has 0 aliphatic carbocycles. The highest BCUT2D eigenvalue weighted by Crippen LogP contribution is 2.65. The van der Waals surface area contributed by atoms with Crippen molar-refractivity contribution in [3.8, 4) is 0 Å². The highest BCUT2D eigenvalue weighted by Gasteiger charge is 2.79. The molecule has 2 aromatic rings. The van der Waals surface area contributed by atoms with E-state index >= 15 is 9.59 Å². The number of aliphatic hydroxyl groups excluding tert-OH is 1. The predicted molar refractivity (Wildman–Crippen MR) is 196 cm³/mol. The molecular weight excluding hydrogens is 616 g/mol. The standard InChI is InChI=1S/C40H54N4O5/c1-8-25-42(30-17-15-14-16-18-30)36(46)33-34-37(47)44(32(27-45)28(7)10-3)35(40(34)24-23-39(33,11-4)49-40)38(48)43(26-9-2)31-21-19-29(20-22-31)41(12-5)13-6/h8-9,14-22,28,32-35,45H,1-2,10-13,23-27H2,3-7H3/t28-,32-,33-,34-,35?,39+,40?/m0/s1. The van der Waals surface area contributed by atoms with Gasteiger partial charge in [0.05, 0.1) is 30.1 Å². The summed E-state index contributed by atoms with van der Waals surface area (Å²) < 4.78 is 7.11. The van der Waals surface area contributed by atoms with Crippen LogP contribution in [0.25, 0.3) is 0 Å². The van der Waals surface area contributed by atoms with E-state index in [0.29, 0.717) is 37.1 Å². The van der Waals surface area contributed by atoms with Crippen molar-refractivity contribution in [2.75, 3.05) is 47.5 Å². The average molecular weight is 671 g/mol. The molecule has 3 fully saturated rings. The van der Waals surface area contributed by atoms with E-state index in [9.17, 15) is 9.90 Å². The number of nitrogens with zero attached hydrogens (tertiary/aromatic N) is 4. The van der Waals surface area contributed by atoms with Crippen molar-refractivity contribution in [1.29, 1.82) is 0 Å². The van der Waals surface area contributed by atoms with E-state index in [2.05, 4.69) is 31.9 Å². The molecule has 2 bridgehead atoms. The number of carbonyl (C=O) groups excluding carboxylic acids is 3. The number of amides is 3. The molecule has 2 aromatic carbocycles. The van der Waals surface area contributed by atoms with Crippen LogP contribution < -0.4 is 14.7 Å². The van der Waals surface area contributed by atoms with Gasteiger partial charge < -0.3 is 29.4 Å². The largest absolute Gasteiger partial charge is 0.394 e. The Morgan fingerprint density at radius 2 is 1.49 bits per heavy atom. The molecule has 3 aliphatic rings. The maximum Gasteiger partial charge on any atom is 0.253 e. The second-order valence-electron chi connectivity index (χ2n) is 13.7. The Bertz CT molecular complexity index is 1510. The Morgan fingerprint density at radius 1 is 0.918 bits per heavy atom. The lowest BCUT2D eigenvalue weighted by Crippen LogP contribution is -2.60. The first-order valence-electron chi connectivity index (χ1n) is 18.0.